The SMILES string of the molecule is CC(C)(C)OC(=O)n1c(O)ccc1CO[Si](C)(C)C(C)(C)C. The maximum atomic E-state index is 12.2. The third-order valence-electron chi connectivity index (χ3n) is 3.90. The van der Waals surface area contributed by atoms with Gasteiger partial charge in [0.25, 0.3) is 0 Å². The highest BCUT2D eigenvalue weighted by Crippen LogP contribution is 2.37. The van der Waals surface area contributed by atoms with Crippen LogP contribution in [0.1, 0.15) is 47.2 Å². The van der Waals surface area contributed by atoms with Crippen LogP contribution in [0.2, 0.25) is 18.1 Å². The summed E-state index contributed by atoms with van der Waals surface area (Å²) >= 11 is 0. The molecule has 22 heavy (non-hydrogen) atoms. The summed E-state index contributed by atoms with van der Waals surface area (Å²) in [6, 6.07) is 3.17. The van der Waals surface area contributed by atoms with E-state index < -0.39 is 20.0 Å². The highest BCUT2D eigenvalue weighted by atomic mass is 28.4. The number of hydrogen-bond donors (Lipinski definition) is 1. The molecule has 0 amide bonds. The minimum Gasteiger partial charge on any atom is -0.494 e. The Bertz CT molecular complexity index is 535. The summed E-state index contributed by atoms with van der Waals surface area (Å²) in [5.74, 6) is -0.136. The number of aromatic nitrogens is 1. The van der Waals surface area contributed by atoms with Gasteiger partial charge in [0.05, 0.1) is 12.3 Å². The Balaban J connectivity index is 2.93. The normalized spacial score (nSPS) is 13.3. The highest BCUT2D eigenvalue weighted by Gasteiger charge is 2.37. The lowest BCUT2D eigenvalue weighted by atomic mass is 10.2. The first kappa shape index (κ1) is 18.8. The first-order valence-electron chi connectivity index (χ1n) is 7.51. The number of aromatic hydroxyl groups is 1. The van der Waals surface area contributed by atoms with Crippen molar-refractivity contribution in [3.63, 3.8) is 0 Å². The molecule has 0 spiro atoms. The topological polar surface area (TPSA) is 60.7 Å². The number of carbonyl (C=O) groups excluding carboxylic acids is 1. The Morgan fingerprint density at radius 3 is 2.18 bits per heavy atom. The molecule has 1 N–H and O–H groups in total. The molecule has 0 atom stereocenters. The molecular formula is C16H29NO4Si. The van der Waals surface area contributed by atoms with Crippen LogP contribution in [0.4, 0.5) is 4.79 Å². The second-order valence-corrected chi connectivity index (χ2v) is 12.9. The number of rotatable bonds is 3. The summed E-state index contributed by atoms with van der Waals surface area (Å²) in [4.78, 5) is 12.2. The molecule has 0 fully saturated rings. The van der Waals surface area contributed by atoms with Crippen molar-refractivity contribution in [3.8, 4) is 5.88 Å². The number of nitrogens with zero attached hydrogens (tertiary/aromatic N) is 1. The third-order valence-corrected chi connectivity index (χ3v) is 8.38. The van der Waals surface area contributed by atoms with Crippen LogP contribution in [0.25, 0.3) is 0 Å². The summed E-state index contributed by atoms with van der Waals surface area (Å²) in [6.07, 6.45) is -0.594. The van der Waals surface area contributed by atoms with Crippen LogP contribution in [-0.2, 0) is 15.8 Å². The van der Waals surface area contributed by atoms with E-state index in [1.165, 1.54) is 10.6 Å². The fourth-order valence-corrected chi connectivity index (χ4v) is 2.51. The van der Waals surface area contributed by atoms with Crippen LogP contribution in [0, 0.1) is 0 Å². The van der Waals surface area contributed by atoms with E-state index in [9.17, 15) is 9.90 Å². The predicted molar refractivity (Wildman–Crippen MR) is 89.7 cm³/mol. The van der Waals surface area contributed by atoms with E-state index in [-0.39, 0.29) is 17.5 Å². The van der Waals surface area contributed by atoms with Crippen molar-refractivity contribution < 1.29 is 19.1 Å². The lowest BCUT2D eigenvalue weighted by molar-refractivity contribution is 0.0514. The molecule has 126 valence electrons. The van der Waals surface area contributed by atoms with E-state index in [1.54, 1.807) is 26.8 Å². The van der Waals surface area contributed by atoms with E-state index in [0.717, 1.165) is 0 Å². The Morgan fingerprint density at radius 2 is 1.73 bits per heavy atom. The average molecular weight is 327 g/mol. The van der Waals surface area contributed by atoms with E-state index in [1.807, 2.05) is 0 Å². The molecule has 0 unspecified atom stereocenters. The third kappa shape index (κ3) is 4.61. The molecule has 0 bridgehead atoms. The van der Waals surface area contributed by atoms with Gasteiger partial charge in [-0.25, -0.2) is 9.36 Å². The molecule has 1 aromatic rings. The van der Waals surface area contributed by atoms with Gasteiger partial charge in [-0.3, -0.25) is 0 Å². The van der Waals surface area contributed by atoms with Crippen LogP contribution >= 0.6 is 0 Å². The molecule has 0 radical (unpaired) electrons. The summed E-state index contributed by atoms with van der Waals surface area (Å²) in [5, 5.41) is 9.99. The van der Waals surface area contributed by atoms with Gasteiger partial charge in [-0.05, 0) is 45.0 Å². The molecule has 0 saturated carbocycles. The van der Waals surface area contributed by atoms with Crippen molar-refractivity contribution in [2.24, 2.45) is 0 Å². The summed E-state index contributed by atoms with van der Waals surface area (Å²) in [6.45, 7) is 16.4. The monoisotopic (exact) mass is 327 g/mol. The fraction of sp³-hybridized carbons (Fsp3) is 0.688. The maximum Gasteiger partial charge on any atom is 0.421 e. The number of ether oxygens (including phenoxy) is 1. The van der Waals surface area contributed by atoms with Crippen LogP contribution < -0.4 is 0 Å². The van der Waals surface area contributed by atoms with E-state index in [4.69, 9.17) is 9.16 Å². The average Bonchev–Trinajstić information content (AvgIpc) is 2.64. The molecule has 0 aromatic carbocycles. The Labute approximate surface area is 134 Å². The molecular weight excluding hydrogens is 298 g/mol. The van der Waals surface area contributed by atoms with E-state index >= 15 is 0 Å². The summed E-state index contributed by atoms with van der Waals surface area (Å²) < 4.78 is 12.6. The quantitative estimate of drug-likeness (QED) is 0.830. The Morgan fingerprint density at radius 1 is 1.18 bits per heavy atom. The molecule has 6 heteroatoms. The lowest BCUT2D eigenvalue weighted by Gasteiger charge is -2.36. The molecule has 5 nitrogen and oxygen atoms in total. The molecule has 1 rings (SSSR count). The number of carbonyl (C=O) groups is 1. The van der Waals surface area contributed by atoms with Crippen molar-refractivity contribution in [1.82, 2.24) is 4.57 Å². The molecule has 0 aliphatic rings. The summed E-state index contributed by atoms with van der Waals surface area (Å²) in [5.41, 5.74) is -0.0256. The maximum absolute atomic E-state index is 12.2. The molecule has 1 heterocycles. The molecule has 0 saturated heterocycles. The molecule has 0 aliphatic heterocycles. The van der Waals surface area contributed by atoms with Crippen LogP contribution in [-0.4, -0.2) is 29.7 Å². The van der Waals surface area contributed by atoms with Crippen molar-refractivity contribution in [2.75, 3.05) is 0 Å². The van der Waals surface area contributed by atoms with Crippen LogP contribution in [0.15, 0.2) is 12.1 Å². The zero-order valence-electron chi connectivity index (χ0n) is 15.0. The smallest absolute Gasteiger partial charge is 0.421 e. The first-order valence-corrected chi connectivity index (χ1v) is 10.4. The van der Waals surface area contributed by atoms with Gasteiger partial charge in [0, 0.05) is 6.07 Å². The Kier molecular flexibility index (Phi) is 5.19. The molecule has 0 aliphatic carbocycles. The van der Waals surface area contributed by atoms with Crippen molar-refractivity contribution in [2.45, 2.75) is 71.9 Å². The van der Waals surface area contributed by atoms with Crippen molar-refractivity contribution in [3.05, 3.63) is 17.8 Å². The van der Waals surface area contributed by atoms with E-state index in [2.05, 4.69) is 33.9 Å². The predicted octanol–water partition coefficient (Wildman–Crippen LogP) is 4.50. The Hall–Kier alpha value is -1.27. The van der Waals surface area contributed by atoms with Crippen molar-refractivity contribution >= 4 is 14.4 Å². The largest absolute Gasteiger partial charge is 0.494 e. The van der Waals surface area contributed by atoms with Gasteiger partial charge in [-0.1, -0.05) is 20.8 Å². The minimum absolute atomic E-state index is 0.0817. The zero-order valence-corrected chi connectivity index (χ0v) is 16.0. The van der Waals surface area contributed by atoms with Gasteiger partial charge < -0.3 is 14.3 Å². The van der Waals surface area contributed by atoms with Crippen LogP contribution in [0.5, 0.6) is 5.88 Å². The second-order valence-electron chi connectivity index (χ2n) is 8.05. The standard InChI is InChI=1S/C16H29NO4Si/c1-15(2,3)21-14(19)17-12(9-10-13(17)18)11-20-22(7,8)16(4,5)6/h9-10,18H,11H2,1-8H3. The minimum atomic E-state index is -1.93. The number of hydrogen-bond acceptors (Lipinski definition) is 4. The van der Waals surface area contributed by atoms with Gasteiger partial charge in [-0.15, -0.1) is 0 Å². The lowest BCUT2D eigenvalue weighted by Crippen LogP contribution is -2.40. The van der Waals surface area contributed by atoms with Gasteiger partial charge in [-0.2, -0.15) is 0 Å². The van der Waals surface area contributed by atoms with Crippen LogP contribution in [0.3, 0.4) is 0 Å². The molecule has 1 aromatic heterocycles. The fourth-order valence-electron chi connectivity index (χ4n) is 1.57. The zero-order chi connectivity index (χ0) is 17.3. The second kappa shape index (κ2) is 6.08. The van der Waals surface area contributed by atoms with E-state index in [0.29, 0.717) is 5.69 Å². The van der Waals surface area contributed by atoms with Gasteiger partial charge in [0.1, 0.15) is 5.60 Å². The van der Waals surface area contributed by atoms with Gasteiger partial charge in [0.15, 0.2) is 8.32 Å². The van der Waals surface area contributed by atoms with Gasteiger partial charge in [0.2, 0.25) is 5.88 Å². The summed E-state index contributed by atoms with van der Waals surface area (Å²) in [7, 11) is -1.93. The highest BCUT2D eigenvalue weighted by molar-refractivity contribution is 6.74. The first-order chi connectivity index (χ1) is 9.74. The van der Waals surface area contributed by atoms with Crippen molar-refractivity contribution in [1.29, 1.82) is 0 Å². The van der Waals surface area contributed by atoms with Gasteiger partial charge >= 0.3 is 6.09 Å².